The Morgan fingerprint density at radius 1 is 0.450 bits per heavy atom. The normalized spacial score (nSPS) is 12.0. The minimum atomic E-state index is 1.31. The molecule has 0 unspecified atom stereocenters. The van der Waals surface area contributed by atoms with E-state index in [2.05, 4.69) is 113 Å². The van der Waals surface area contributed by atoms with Gasteiger partial charge in [-0.25, -0.2) is 0 Å². The summed E-state index contributed by atoms with van der Waals surface area (Å²) in [4.78, 5) is 5.54. The molecule has 0 fully saturated rings. The number of rotatable bonds is 3. The molecule has 0 saturated carbocycles. The Balaban J connectivity index is 1.53. The molecule has 0 nitrogen and oxygen atoms in total. The molecular formula is C36H26S4. The van der Waals surface area contributed by atoms with E-state index >= 15 is 0 Å². The molecule has 0 spiro atoms. The summed E-state index contributed by atoms with van der Waals surface area (Å²) >= 11 is 7.75. The first-order valence-electron chi connectivity index (χ1n) is 13.5. The van der Waals surface area contributed by atoms with Gasteiger partial charge in [-0.05, 0) is 95.3 Å². The topological polar surface area (TPSA) is 0 Å². The zero-order chi connectivity index (χ0) is 27.1. The fourth-order valence-electron chi connectivity index (χ4n) is 6.20. The maximum atomic E-state index is 2.46. The Bertz CT molecular complexity index is 2230. The fourth-order valence-corrected chi connectivity index (χ4v) is 11.2. The molecule has 40 heavy (non-hydrogen) atoms. The van der Waals surface area contributed by atoms with Gasteiger partial charge >= 0.3 is 0 Å². The second kappa shape index (κ2) is 9.12. The zero-order valence-electron chi connectivity index (χ0n) is 22.7. The molecule has 0 aliphatic heterocycles. The molecule has 0 amide bonds. The van der Waals surface area contributed by atoms with Gasteiger partial charge in [-0.1, -0.05) is 66.7 Å². The van der Waals surface area contributed by atoms with Crippen molar-refractivity contribution >= 4 is 85.7 Å². The Morgan fingerprint density at radius 2 is 1.10 bits per heavy atom. The summed E-state index contributed by atoms with van der Waals surface area (Å²) < 4.78 is 5.61. The first-order valence-corrected chi connectivity index (χ1v) is 16.8. The Kier molecular flexibility index (Phi) is 5.59. The predicted molar refractivity (Wildman–Crippen MR) is 183 cm³/mol. The van der Waals surface area contributed by atoms with Crippen molar-refractivity contribution in [1.29, 1.82) is 0 Å². The van der Waals surface area contributed by atoms with E-state index in [4.69, 9.17) is 0 Å². The van der Waals surface area contributed by atoms with Gasteiger partial charge in [0.05, 0.1) is 9.58 Å². The summed E-state index contributed by atoms with van der Waals surface area (Å²) in [7, 11) is 0. The molecule has 0 bridgehead atoms. The fraction of sp³-hybridized carbons (Fsp3) is 0.111. The molecule has 0 radical (unpaired) electrons. The number of fused-ring (bicyclic) bond motifs is 4. The summed E-state index contributed by atoms with van der Waals surface area (Å²) in [5.41, 5.74) is 8.05. The molecule has 4 aromatic carbocycles. The van der Waals surface area contributed by atoms with Crippen LogP contribution < -0.4 is 0 Å². The first-order chi connectivity index (χ1) is 19.5. The highest BCUT2D eigenvalue weighted by atomic mass is 32.1. The van der Waals surface area contributed by atoms with Gasteiger partial charge in [0, 0.05) is 34.3 Å². The van der Waals surface area contributed by atoms with Crippen LogP contribution in [0.15, 0.2) is 84.9 Å². The summed E-state index contributed by atoms with van der Waals surface area (Å²) in [5.74, 6) is 0. The van der Waals surface area contributed by atoms with Gasteiger partial charge in [0.25, 0.3) is 0 Å². The Morgan fingerprint density at radius 3 is 1.88 bits per heavy atom. The van der Waals surface area contributed by atoms with Crippen LogP contribution in [-0.2, 0) is 0 Å². The van der Waals surface area contributed by atoms with Crippen molar-refractivity contribution in [3.63, 3.8) is 0 Å². The highest BCUT2D eigenvalue weighted by Crippen LogP contribution is 2.54. The van der Waals surface area contributed by atoms with Gasteiger partial charge in [-0.3, -0.25) is 0 Å². The largest absolute Gasteiger partial charge is 0.140 e. The minimum Gasteiger partial charge on any atom is -0.140 e. The molecule has 0 aliphatic carbocycles. The molecule has 8 rings (SSSR count). The van der Waals surface area contributed by atoms with Crippen LogP contribution in [0.5, 0.6) is 0 Å². The summed E-state index contributed by atoms with van der Waals surface area (Å²) in [5, 5.41) is 5.30. The highest BCUT2D eigenvalue weighted by molar-refractivity contribution is 7.34. The van der Waals surface area contributed by atoms with Crippen LogP contribution in [0.4, 0.5) is 0 Å². The van der Waals surface area contributed by atoms with Gasteiger partial charge in [0.1, 0.15) is 0 Å². The van der Waals surface area contributed by atoms with Crippen LogP contribution in [0.1, 0.15) is 20.9 Å². The number of aryl methyl sites for hydroxylation is 4. The molecule has 0 atom stereocenters. The summed E-state index contributed by atoms with van der Waals surface area (Å²) in [6.45, 7) is 8.95. The molecule has 0 aliphatic rings. The molecule has 194 valence electrons. The summed E-state index contributed by atoms with van der Waals surface area (Å²) in [6, 6.07) is 32.1. The van der Waals surface area contributed by atoms with Crippen LogP contribution in [-0.4, -0.2) is 0 Å². The molecule has 4 heteroatoms. The van der Waals surface area contributed by atoms with E-state index in [0.717, 1.165) is 0 Å². The standard InChI is InChI=1S/C36H26S4/c1-19-13-14-27(25-11-7-5-9-23(19)25)33-26-12-8-6-10-24(26)20(2)15-28(33)34-35-31(17-22(4)38-35)40-36(34)32-18-30-29(39-32)16-21(3)37-30/h5-18H,1-4H3. The Labute approximate surface area is 249 Å². The van der Waals surface area contributed by atoms with Crippen LogP contribution >= 0.6 is 45.3 Å². The molecule has 4 heterocycles. The van der Waals surface area contributed by atoms with E-state index in [-0.39, 0.29) is 0 Å². The Hall–Kier alpha value is -3.28. The van der Waals surface area contributed by atoms with Crippen molar-refractivity contribution < 1.29 is 0 Å². The molecular weight excluding hydrogens is 561 g/mol. The van der Waals surface area contributed by atoms with Crippen molar-refractivity contribution in [3.8, 4) is 32.0 Å². The van der Waals surface area contributed by atoms with E-state index in [1.54, 1.807) is 0 Å². The smallest absolute Gasteiger partial charge is 0.0543 e. The van der Waals surface area contributed by atoms with E-state index in [9.17, 15) is 0 Å². The highest BCUT2D eigenvalue weighted by Gasteiger charge is 2.25. The van der Waals surface area contributed by atoms with Crippen molar-refractivity contribution in [3.05, 3.63) is 106 Å². The maximum Gasteiger partial charge on any atom is 0.0543 e. The quantitative estimate of drug-likeness (QED) is 0.193. The second-order valence-electron chi connectivity index (χ2n) is 10.7. The van der Waals surface area contributed by atoms with Crippen LogP contribution in [0.3, 0.4) is 0 Å². The lowest BCUT2D eigenvalue weighted by Gasteiger charge is -2.19. The van der Waals surface area contributed by atoms with E-state index in [0.29, 0.717) is 0 Å². The molecule has 0 saturated heterocycles. The van der Waals surface area contributed by atoms with E-state index in [1.165, 1.54) is 93.2 Å². The minimum absolute atomic E-state index is 1.31. The van der Waals surface area contributed by atoms with Gasteiger partial charge in [-0.15, -0.1) is 45.3 Å². The molecule has 8 aromatic rings. The third-order valence-electron chi connectivity index (χ3n) is 7.97. The zero-order valence-corrected chi connectivity index (χ0v) is 26.0. The van der Waals surface area contributed by atoms with Crippen LogP contribution in [0.25, 0.3) is 72.4 Å². The maximum absolute atomic E-state index is 2.46. The number of thiophene rings is 4. The third-order valence-corrected chi connectivity index (χ3v) is 12.7. The summed E-state index contributed by atoms with van der Waals surface area (Å²) in [6.07, 6.45) is 0. The number of benzene rings is 4. The van der Waals surface area contributed by atoms with Crippen molar-refractivity contribution in [2.75, 3.05) is 0 Å². The predicted octanol–water partition coefficient (Wildman–Crippen LogP) is 12.8. The van der Waals surface area contributed by atoms with Gasteiger partial charge in [0.15, 0.2) is 0 Å². The lowest BCUT2D eigenvalue weighted by atomic mass is 9.85. The third kappa shape index (κ3) is 3.67. The average molecular weight is 587 g/mol. The monoisotopic (exact) mass is 586 g/mol. The van der Waals surface area contributed by atoms with Crippen molar-refractivity contribution in [2.45, 2.75) is 27.7 Å². The molecule has 4 aromatic heterocycles. The van der Waals surface area contributed by atoms with Crippen LogP contribution in [0.2, 0.25) is 0 Å². The van der Waals surface area contributed by atoms with Gasteiger partial charge < -0.3 is 0 Å². The number of hydrogen-bond donors (Lipinski definition) is 0. The molecule has 0 N–H and O–H groups in total. The van der Waals surface area contributed by atoms with Gasteiger partial charge in [0.2, 0.25) is 0 Å². The lowest BCUT2D eigenvalue weighted by molar-refractivity contribution is 1.51. The van der Waals surface area contributed by atoms with Crippen molar-refractivity contribution in [2.24, 2.45) is 0 Å². The van der Waals surface area contributed by atoms with Crippen LogP contribution in [0, 0.1) is 27.7 Å². The van der Waals surface area contributed by atoms with Crippen molar-refractivity contribution in [1.82, 2.24) is 0 Å². The van der Waals surface area contributed by atoms with E-state index in [1.807, 2.05) is 45.3 Å². The first kappa shape index (κ1) is 24.5. The van der Waals surface area contributed by atoms with E-state index < -0.39 is 0 Å². The SMILES string of the molecule is Cc1cc2sc(-c3sc4cc(C)sc4c3-c3cc(C)c4ccccc4c3-c3ccc(C)c4ccccc34)cc2s1. The lowest BCUT2D eigenvalue weighted by Crippen LogP contribution is -1.93. The number of hydrogen-bond acceptors (Lipinski definition) is 4. The average Bonchev–Trinajstić information content (AvgIpc) is 3.68. The second-order valence-corrected chi connectivity index (χ2v) is 15.4. The van der Waals surface area contributed by atoms with Gasteiger partial charge in [-0.2, -0.15) is 0 Å².